The summed E-state index contributed by atoms with van der Waals surface area (Å²) in [5.74, 6) is 2.19. The van der Waals surface area contributed by atoms with E-state index in [-0.39, 0.29) is 0 Å². The van der Waals surface area contributed by atoms with Gasteiger partial charge in [0.15, 0.2) is 5.96 Å². The second-order valence-corrected chi connectivity index (χ2v) is 7.17. The minimum absolute atomic E-state index is 0.325. The van der Waals surface area contributed by atoms with Crippen molar-refractivity contribution in [1.29, 1.82) is 0 Å². The minimum Gasteiger partial charge on any atom is -0.382 e. The lowest BCUT2D eigenvalue weighted by atomic mass is 10.1. The van der Waals surface area contributed by atoms with Gasteiger partial charge >= 0.3 is 0 Å². The predicted molar refractivity (Wildman–Crippen MR) is 91.4 cm³/mol. The Labute approximate surface area is 133 Å². The second-order valence-electron chi connectivity index (χ2n) is 5.48. The third-order valence-corrected chi connectivity index (χ3v) is 4.93. The van der Waals surface area contributed by atoms with E-state index >= 15 is 0 Å². The fraction of sp³-hybridized carbons (Fsp3) is 0.933. The maximum Gasteiger partial charge on any atom is 0.191 e. The van der Waals surface area contributed by atoms with Gasteiger partial charge < -0.3 is 20.1 Å². The molecule has 1 unspecified atom stereocenters. The molecule has 1 fully saturated rings. The molecule has 0 amide bonds. The van der Waals surface area contributed by atoms with Crippen LogP contribution in [0.25, 0.3) is 0 Å². The Morgan fingerprint density at radius 2 is 2.14 bits per heavy atom. The molecule has 0 saturated carbocycles. The van der Waals surface area contributed by atoms with Crippen LogP contribution in [0.1, 0.15) is 33.1 Å². The average Bonchev–Trinajstić information content (AvgIpc) is 2.91. The van der Waals surface area contributed by atoms with Gasteiger partial charge in [0.05, 0.1) is 19.8 Å². The van der Waals surface area contributed by atoms with E-state index in [2.05, 4.69) is 24.5 Å². The van der Waals surface area contributed by atoms with E-state index in [1.807, 2.05) is 11.8 Å². The fourth-order valence-electron chi connectivity index (χ4n) is 2.17. The molecule has 1 heterocycles. The number of rotatable bonds is 10. The summed E-state index contributed by atoms with van der Waals surface area (Å²) in [6, 6.07) is 0. The number of nitrogens with one attached hydrogen (secondary N) is 2. The summed E-state index contributed by atoms with van der Waals surface area (Å²) in [5, 5.41) is 6.67. The van der Waals surface area contributed by atoms with Crippen LogP contribution in [-0.2, 0) is 9.47 Å². The number of thioether (sulfide) groups is 1. The first kappa shape index (κ1) is 18.6. The molecule has 0 spiro atoms. The Bertz CT molecular complexity index is 295. The molecule has 124 valence electrons. The molecule has 1 aliphatic rings. The van der Waals surface area contributed by atoms with Crippen LogP contribution in [0.5, 0.6) is 0 Å². The molecule has 0 aliphatic carbocycles. The third-order valence-electron chi connectivity index (χ3n) is 3.41. The van der Waals surface area contributed by atoms with E-state index in [9.17, 15) is 0 Å². The minimum atomic E-state index is 0.325. The largest absolute Gasteiger partial charge is 0.382 e. The van der Waals surface area contributed by atoms with Crippen LogP contribution >= 0.6 is 11.8 Å². The molecular formula is C15H31N3O2S. The fourth-order valence-corrected chi connectivity index (χ4v) is 3.40. The lowest BCUT2D eigenvalue weighted by molar-refractivity contribution is 0.0698. The van der Waals surface area contributed by atoms with E-state index in [0.29, 0.717) is 18.0 Å². The van der Waals surface area contributed by atoms with Crippen molar-refractivity contribution in [2.75, 3.05) is 52.3 Å². The van der Waals surface area contributed by atoms with Crippen LogP contribution in [0.4, 0.5) is 0 Å². The second kappa shape index (κ2) is 11.2. The zero-order chi connectivity index (χ0) is 15.4. The van der Waals surface area contributed by atoms with Crippen LogP contribution in [0.3, 0.4) is 0 Å². The van der Waals surface area contributed by atoms with Gasteiger partial charge in [0.1, 0.15) is 0 Å². The van der Waals surface area contributed by atoms with Gasteiger partial charge in [-0.3, -0.25) is 4.99 Å². The summed E-state index contributed by atoms with van der Waals surface area (Å²) in [5.41, 5.74) is 0. The van der Waals surface area contributed by atoms with E-state index in [1.165, 1.54) is 18.6 Å². The summed E-state index contributed by atoms with van der Waals surface area (Å²) in [7, 11) is 1.69. The molecule has 1 atom stereocenters. The number of ether oxygens (including phenoxy) is 2. The highest BCUT2D eigenvalue weighted by Gasteiger charge is 2.29. The van der Waals surface area contributed by atoms with Crippen LogP contribution in [-0.4, -0.2) is 63.0 Å². The Kier molecular flexibility index (Phi) is 9.87. The monoisotopic (exact) mass is 317 g/mol. The molecule has 0 radical (unpaired) electrons. The molecule has 2 N–H and O–H groups in total. The van der Waals surface area contributed by atoms with Crippen molar-refractivity contribution in [3.63, 3.8) is 0 Å². The van der Waals surface area contributed by atoms with Crippen molar-refractivity contribution < 1.29 is 9.47 Å². The molecule has 1 aliphatic heterocycles. The summed E-state index contributed by atoms with van der Waals surface area (Å²) in [4.78, 5) is 4.73. The van der Waals surface area contributed by atoms with Crippen LogP contribution in [0.2, 0.25) is 0 Å². The number of guanidine groups is 1. The number of hydrogen-bond acceptors (Lipinski definition) is 4. The zero-order valence-corrected chi connectivity index (χ0v) is 14.6. The van der Waals surface area contributed by atoms with Gasteiger partial charge in [-0.1, -0.05) is 0 Å². The van der Waals surface area contributed by atoms with Gasteiger partial charge in [-0.25, -0.2) is 0 Å². The maximum atomic E-state index is 5.44. The summed E-state index contributed by atoms with van der Waals surface area (Å²) in [6.07, 6.45) is 3.56. The van der Waals surface area contributed by atoms with Crippen molar-refractivity contribution >= 4 is 17.7 Å². The lowest BCUT2D eigenvalue weighted by Gasteiger charge is -2.21. The number of methoxy groups -OCH3 is 1. The number of aliphatic imine (C=N–C) groups is 1. The van der Waals surface area contributed by atoms with E-state index < -0.39 is 0 Å². The Morgan fingerprint density at radius 1 is 1.29 bits per heavy atom. The standard InChI is InChI=1S/C15H31N3O2S/c1-4-16-14(17-8-6-9-20-11-10-19-3)18-13-15(2)7-5-12-21-15/h4-13H2,1-3H3,(H2,16,17,18). The maximum absolute atomic E-state index is 5.44. The first-order valence-electron chi connectivity index (χ1n) is 7.93. The van der Waals surface area contributed by atoms with Crippen LogP contribution in [0, 0.1) is 0 Å². The van der Waals surface area contributed by atoms with Crippen molar-refractivity contribution in [1.82, 2.24) is 10.6 Å². The lowest BCUT2D eigenvalue weighted by Crippen LogP contribution is -2.39. The molecule has 21 heavy (non-hydrogen) atoms. The molecule has 0 aromatic heterocycles. The Balaban J connectivity index is 2.19. The molecule has 0 aromatic rings. The van der Waals surface area contributed by atoms with E-state index in [0.717, 1.165) is 38.6 Å². The average molecular weight is 317 g/mol. The van der Waals surface area contributed by atoms with Crippen LogP contribution < -0.4 is 10.6 Å². The first-order valence-corrected chi connectivity index (χ1v) is 8.91. The molecule has 6 heteroatoms. The quantitative estimate of drug-likeness (QED) is 0.366. The third kappa shape index (κ3) is 8.53. The van der Waals surface area contributed by atoms with Gasteiger partial charge in [0.25, 0.3) is 0 Å². The van der Waals surface area contributed by atoms with Crippen molar-refractivity contribution in [2.45, 2.75) is 37.9 Å². The first-order chi connectivity index (χ1) is 10.2. The number of nitrogens with zero attached hydrogens (tertiary/aromatic N) is 1. The molecule has 1 saturated heterocycles. The molecule has 1 rings (SSSR count). The normalized spacial score (nSPS) is 22.5. The van der Waals surface area contributed by atoms with Gasteiger partial charge in [0.2, 0.25) is 0 Å². The van der Waals surface area contributed by atoms with E-state index in [4.69, 9.17) is 14.5 Å². The SMILES string of the molecule is CCNC(=NCC1(C)CCCS1)NCCCOCCOC. The molecule has 0 bridgehead atoms. The van der Waals surface area contributed by atoms with Crippen molar-refractivity contribution in [2.24, 2.45) is 4.99 Å². The van der Waals surface area contributed by atoms with Gasteiger partial charge in [-0.05, 0) is 38.9 Å². The van der Waals surface area contributed by atoms with E-state index in [1.54, 1.807) is 7.11 Å². The molecule has 0 aromatic carbocycles. The summed E-state index contributed by atoms with van der Waals surface area (Å²) >= 11 is 2.05. The highest BCUT2D eigenvalue weighted by molar-refractivity contribution is 8.00. The van der Waals surface area contributed by atoms with Crippen molar-refractivity contribution in [3.8, 4) is 0 Å². The summed E-state index contributed by atoms with van der Waals surface area (Å²) < 4.78 is 10.7. The predicted octanol–water partition coefficient (Wildman–Crippen LogP) is 1.88. The van der Waals surface area contributed by atoms with Crippen molar-refractivity contribution in [3.05, 3.63) is 0 Å². The highest BCUT2D eigenvalue weighted by Crippen LogP contribution is 2.37. The van der Waals surface area contributed by atoms with Gasteiger partial charge in [0, 0.05) is 31.6 Å². The molecular weight excluding hydrogens is 286 g/mol. The van der Waals surface area contributed by atoms with Gasteiger partial charge in [-0.15, -0.1) is 0 Å². The van der Waals surface area contributed by atoms with Gasteiger partial charge in [-0.2, -0.15) is 11.8 Å². The van der Waals surface area contributed by atoms with Crippen LogP contribution in [0.15, 0.2) is 4.99 Å². The topological polar surface area (TPSA) is 54.9 Å². The molecule has 5 nitrogen and oxygen atoms in total. The Morgan fingerprint density at radius 3 is 2.81 bits per heavy atom. The summed E-state index contributed by atoms with van der Waals surface area (Å²) in [6.45, 7) is 9.15. The Hall–Kier alpha value is -0.460. The highest BCUT2D eigenvalue weighted by atomic mass is 32.2. The number of hydrogen-bond donors (Lipinski definition) is 2. The zero-order valence-electron chi connectivity index (χ0n) is 13.7. The smallest absolute Gasteiger partial charge is 0.191 e.